The van der Waals surface area contributed by atoms with E-state index in [1.807, 2.05) is 18.2 Å². The van der Waals surface area contributed by atoms with Gasteiger partial charge in [0.05, 0.1) is 12.1 Å². The molecule has 0 amide bonds. The highest BCUT2D eigenvalue weighted by Gasteiger charge is 2.28. The molecule has 1 heterocycles. The van der Waals surface area contributed by atoms with Crippen LogP contribution in [0.1, 0.15) is 13.3 Å². The lowest BCUT2D eigenvalue weighted by Crippen LogP contribution is -2.29. The molecule has 0 aliphatic carbocycles. The molecule has 0 aliphatic rings. The predicted octanol–water partition coefficient (Wildman–Crippen LogP) is 2.25. The van der Waals surface area contributed by atoms with Crippen LogP contribution in [0.25, 0.3) is 0 Å². The Balaban J connectivity index is 2.90. The van der Waals surface area contributed by atoms with Crippen molar-refractivity contribution >= 4 is 11.6 Å². The average Bonchev–Trinajstić information content (AvgIpc) is 2.70. The van der Waals surface area contributed by atoms with Gasteiger partial charge in [-0.3, -0.25) is 0 Å². The number of nitrogens with zero attached hydrogens (tertiary/aromatic N) is 3. The fraction of sp³-hybridized carbons (Fsp3) is 0.400. The quantitative estimate of drug-likeness (QED) is 0.714. The summed E-state index contributed by atoms with van der Waals surface area (Å²) < 4.78 is 1.76. The van der Waals surface area contributed by atoms with Crippen LogP contribution in [0.2, 0.25) is 0 Å². The van der Waals surface area contributed by atoms with Crippen LogP contribution in [0, 0.1) is 22.7 Å². The summed E-state index contributed by atoms with van der Waals surface area (Å²) in [6.07, 6.45) is 3.91. The summed E-state index contributed by atoms with van der Waals surface area (Å²) in [5.41, 5.74) is -0.744. The number of rotatable bonds is 3. The van der Waals surface area contributed by atoms with Gasteiger partial charge < -0.3 is 4.57 Å². The van der Waals surface area contributed by atoms with E-state index in [0.29, 0.717) is 6.42 Å². The number of alkyl halides is 1. The number of halogens is 1. The van der Waals surface area contributed by atoms with Gasteiger partial charge in [0.25, 0.3) is 0 Å². The van der Waals surface area contributed by atoms with E-state index in [-0.39, 0.29) is 0 Å². The Morgan fingerprint density at radius 1 is 1.43 bits per heavy atom. The molecule has 72 valence electrons. The van der Waals surface area contributed by atoms with E-state index in [2.05, 4.69) is 6.07 Å². The molecule has 2 atom stereocenters. The summed E-state index contributed by atoms with van der Waals surface area (Å²) in [5, 5.41) is 17.0. The number of aromatic nitrogens is 1. The Bertz CT molecular complexity index is 371. The zero-order valence-electron chi connectivity index (χ0n) is 7.81. The summed E-state index contributed by atoms with van der Waals surface area (Å²) >= 11 is 5.72. The van der Waals surface area contributed by atoms with Crippen molar-refractivity contribution in [1.82, 2.24) is 4.57 Å². The fourth-order valence-corrected chi connectivity index (χ4v) is 1.57. The van der Waals surface area contributed by atoms with Gasteiger partial charge in [-0.25, -0.2) is 0 Å². The predicted molar refractivity (Wildman–Crippen MR) is 53.6 cm³/mol. The van der Waals surface area contributed by atoms with Crippen LogP contribution in [-0.4, -0.2) is 9.94 Å². The Morgan fingerprint density at radius 3 is 2.43 bits per heavy atom. The molecule has 14 heavy (non-hydrogen) atoms. The van der Waals surface area contributed by atoms with Crippen molar-refractivity contribution in [2.24, 2.45) is 0 Å². The molecular formula is C10H10ClN3. The first-order valence-corrected chi connectivity index (χ1v) is 4.64. The van der Waals surface area contributed by atoms with Crippen molar-refractivity contribution in [3.8, 4) is 12.1 Å². The lowest BCUT2D eigenvalue weighted by Gasteiger charge is -2.23. The average molecular weight is 208 g/mol. The minimum atomic E-state index is -0.744. The lowest BCUT2D eigenvalue weighted by molar-refractivity contribution is 0.399. The number of nitriles is 2. The molecular weight excluding hydrogens is 198 g/mol. The summed E-state index contributed by atoms with van der Waals surface area (Å²) in [6.45, 7) is 1.76. The van der Waals surface area contributed by atoms with Crippen LogP contribution in [0.4, 0.5) is 0 Å². The molecule has 1 aromatic heterocycles. The maximum absolute atomic E-state index is 9.06. The Hall–Kier alpha value is -1.45. The molecule has 1 aromatic rings. The topological polar surface area (TPSA) is 52.5 Å². The molecule has 0 bridgehead atoms. The fourth-order valence-electron chi connectivity index (χ4n) is 1.27. The van der Waals surface area contributed by atoms with E-state index < -0.39 is 10.9 Å². The second kappa shape index (κ2) is 4.17. The van der Waals surface area contributed by atoms with E-state index in [4.69, 9.17) is 22.1 Å². The zero-order chi connectivity index (χ0) is 10.6. The third-order valence-corrected chi connectivity index (χ3v) is 2.38. The highest BCUT2D eigenvalue weighted by Crippen LogP contribution is 2.23. The minimum Gasteiger partial charge on any atom is -0.336 e. The molecule has 0 fully saturated rings. The SMILES string of the molecule is CC(C#N)(CC(Cl)C#N)n1cccc1. The molecule has 1 rings (SSSR count). The minimum absolute atomic E-state index is 0.316. The second-order valence-electron chi connectivity index (χ2n) is 3.28. The van der Waals surface area contributed by atoms with Gasteiger partial charge in [0.15, 0.2) is 0 Å². The monoisotopic (exact) mass is 207 g/mol. The molecule has 0 aliphatic heterocycles. The summed E-state index contributed by atoms with van der Waals surface area (Å²) in [7, 11) is 0. The van der Waals surface area contributed by atoms with Crippen molar-refractivity contribution in [2.75, 3.05) is 0 Å². The zero-order valence-corrected chi connectivity index (χ0v) is 8.57. The highest BCUT2D eigenvalue weighted by molar-refractivity contribution is 6.22. The van der Waals surface area contributed by atoms with Gasteiger partial charge in [-0.1, -0.05) is 0 Å². The summed E-state index contributed by atoms with van der Waals surface area (Å²) in [5.74, 6) is 0. The maximum atomic E-state index is 9.06. The Kier molecular flexibility index (Phi) is 3.17. The lowest BCUT2D eigenvalue weighted by atomic mass is 9.97. The van der Waals surface area contributed by atoms with Crippen molar-refractivity contribution in [1.29, 1.82) is 10.5 Å². The third-order valence-electron chi connectivity index (χ3n) is 2.13. The molecule has 0 aromatic carbocycles. The number of hydrogen-bond donors (Lipinski definition) is 0. The van der Waals surface area contributed by atoms with Crippen LogP contribution in [0.5, 0.6) is 0 Å². The van der Waals surface area contributed by atoms with Gasteiger partial charge in [-0.05, 0) is 19.1 Å². The first kappa shape index (κ1) is 10.6. The van der Waals surface area contributed by atoms with Crippen molar-refractivity contribution in [3.63, 3.8) is 0 Å². The van der Waals surface area contributed by atoms with E-state index in [1.165, 1.54) is 0 Å². The molecule has 0 radical (unpaired) electrons. The van der Waals surface area contributed by atoms with E-state index in [1.54, 1.807) is 23.9 Å². The highest BCUT2D eigenvalue weighted by atomic mass is 35.5. The molecule has 0 saturated carbocycles. The van der Waals surface area contributed by atoms with Gasteiger partial charge in [0.2, 0.25) is 0 Å². The smallest absolute Gasteiger partial charge is 0.130 e. The molecule has 0 saturated heterocycles. The van der Waals surface area contributed by atoms with E-state index >= 15 is 0 Å². The Morgan fingerprint density at radius 2 is 2.00 bits per heavy atom. The molecule has 4 heteroatoms. The molecule has 0 N–H and O–H groups in total. The van der Waals surface area contributed by atoms with Crippen LogP contribution >= 0.6 is 11.6 Å². The van der Waals surface area contributed by atoms with Gasteiger partial charge in [0.1, 0.15) is 10.9 Å². The molecule has 0 spiro atoms. The standard InChI is InChI=1S/C10H10ClN3/c1-10(8-13,6-9(11)7-12)14-4-2-3-5-14/h2-5,9H,6H2,1H3. The maximum Gasteiger partial charge on any atom is 0.130 e. The Labute approximate surface area is 88.1 Å². The van der Waals surface area contributed by atoms with Crippen LogP contribution in [0.15, 0.2) is 24.5 Å². The van der Waals surface area contributed by atoms with Gasteiger partial charge in [-0.15, -0.1) is 11.6 Å². The summed E-state index contributed by atoms with van der Waals surface area (Å²) in [6, 6.07) is 7.77. The van der Waals surface area contributed by atoms with E-state index in [0.717, 1.165) is 0 Å². The van der Waals surface area contributed by atoms with Gasteiger partial charge in [-0.2, -0.15) is 10.5 Å². The van der Waals surface area contributed by atoms with Gasteiger partial charge in [0, 0.05) is 18.8 Å². The van der Waals surface area contributed by atoms with Crippen LogP contribution in [-0.2, 0) is 5.54 Å². The van der Waals surface area contributed by atoms with Crippen LogP contribution < -0.4 is 0 Å². The van der Waals surface area contributed by atoms with Gasteiger partial charge >= 0.3 is 0 Å². The van der Waals surface area contributed by atoms with Crippen molar-refractivity contribution in [2.45, 2.75) is 24.3 Å². The van der Waals surface area contributed by atoms with E-state index in [9.17, 15) is 0 Å². The first-order chi connectivity index (χ1) is 6.62. The number of hydrogen-bond acceptors (Lipinski definition) is 2. The summed E-state index contributed by atoms with van der Waals surface area (Å²) in [4.78, 5) is 0. The second-order valence-corrected chi connectivity index (χ2v) is 3.80. The largest absolute Gasteiger partial charge is 0.336 e. The molecule has 3 nitrogen and oxygen atoms in total. The normalized spacial score (nSPS) is 16.3. The first-order valence-electron chi connectivity index (χ1n) is 4.21. The third kappa shape index (κ3) is 2.07. The van der Waals surface area contributed by atoms with Crippen molar-refractivity contribution < 1.29 is 0 Å². The molecule has 2 unspecified atom stereocenters. The van der Waals surface area contributed by atoms with Crippen molar-refractivity contribution in [3.05, 3.63) is 24.5 Å². The van der Waals surface area contributed by atoms with Crippen LogP contribution in [0.3, 0.4) is 0 Å².